The molecule has 0 saturated heterocycles. The van der Waals surface area contributed by atoms with E-state index in [-0.39, 0.29) is 11.4 Å². The van der Waals surface area contributed by atoms with Gasteiger partial charge in [-0.25, -0.2) is 4.79 Å². The monoisotopic (exact) mass is 440 g/mol. The number of nitrogens with zero attached hydrogens (tertiary/aromatic N) is 1. The van der Waals surface area contributed by atoms with Gasteiger partial charge in [-0.2, -0.15) is 0 Å². The summed E-state index contributed by atoms with van der Waals surface area (Å²) in [5.74, 6) is -0.0124. The summed E-state index contributed by atoms with van der Waals surface area (Å²) in [4.78, 5) is 35.9. The Morgan fingerprint density at radius 1 is 1.06 bits per heavy atom. The van der Waals surface area contributed by atoms with Crippen molar-refractivity contribution in [3.63, 3.8) is 0 Å². The van der Waals surface area contributed by atoms with Gasteiger partial charge in [0, 0.05) is 10.9 Å². The Hall–Kier alpha value is -3.92. The molecule has 1 aliphatic heterocycles. The number of hydrogen-bond acceptors (Lipinski definition) is 8. The maximum absolute atomic E-state index is 12.3. The van der Waals surface area contributed by atoms with Gasteiger partial charge in [-0.05, 0) is 42.0 Å². The van der Waals surface area contributed by atoms with E-state index in [0.29, 0.717) is 29.6 Å². The van der Waals surface area contributed by atoms with Gasteiger partial charge in [0.25, 0.3) is 11.6 Å². The Labute approximate surface area is 180 Å². The number of esters is 1. The average Bonchev–Trinajstić information content (AvgIpc) is 3.28. The summed E-state index contributed by atoms with van der Waals surface area (Å²) >= 11 is 1.21. The van der Waals surface area contributed by atoms with Crippen molar-refractivity contribution in [3.8, 4) is 21.9 Å². The first-order valence-corrected chi connectivity index (χ1v) is 10.0. The minimum atomic E-state index is -0.675. The molecule has 3 aromatic rings. The number of nitrogens with one attached hydrogen (secondary N) is 1. The van der Waals surface area contributed by atoms with Crippen LogP contribution in [-0.2, 0) is 9.53 Å². The number of amides is 1. The van der Waals surface area contributed by atoms with Gasteiger partial charge in [0.2, 0.25) is 0 Å². The molecule has 4 rings (SSSR count). The highest BCUT2D eigenvalue weighted by Gasteiger charge is 2.18. The highest BCUT2D eigenvalue weighted by molar-refractivity contribution is 7.17. The molecule has 2 heterocycles. The van der Waals surface area contributed by atoms with Crippen molar-refractivity contribution in [1.82, 2.24) is 0 Å². The molecule has 0 saturated carbocycles. The highest BCUT2D eigenvalue weighted by atomic mass is 32.1. The third kappa shape index (κ3) is 4.64. The van der Waals surface area contributed by atoms with Crippen LogP contribution in [0.25, 0.3) is 10.4 Å². The van der Waals surface area contributed by atoms with E-state index >= 15 is 0 Å². The summed E-state index contributed by atoms with van der Waals surface area (Å²) in [6, 6.07) is 14.6. The fraction of sp³-hybridized carbons (Fsp3) is 0.143. The predicted molar refractivity (Wildman–Crippen MR) is 113 cm³/mol. The number of hydrogen-bond donors (Lipinski definition) is 1. The summed E-state index contributed by atoms with van der Waals surface area (Å²) in [6.45, 7) is 0.418. The van der Waals surface area contributed by atoms with Crippen molar-refractivity contribution < 1.29 is 28.7 Å². The molecule has 0 radical (unpaired) electrons. The van der Waals surface area contributed by atoms with Crippen molar-refractivity contribution >= 4 is 34.6 Å². The summed E-state index contributed by atoms with van der Waals surface area (Å²) in [5, 5.41) is 13.4. The molecule has 0 atom stereocenters. The van der Waals surface area contributed by atoms with Gasteiger partial charge in [0.1, 0.15) is 23.8 Å². The Kier molecular flexibility index (Phi) is 5.80. The van der Waals surface area contributed by atoms with Crippen LogP contribution >= 0.6 is 11.3 Å². The van der Waals surface area contributed by atoms with Crippen LogP contribution in [0, 0.1) is 10.1 Å². The smallest absolute Gasteiger partial charge is 0.348 e. The lowest BCUT2D eigenvalue weighted by Crippen LogP contribution is -2.21. The molecule has 10 heteroatoms. The van der Waals surface area contributed by atoms with Crippen LogP contribution in [0.1, 0.15) is 9.67 Å². The second-order valence-corrected chi connectivity index (χ2v) is 7.50. The van der Waals surface area contributed by atoms with Crippen LogP contribution in [0.2, 0.25) is 0 Å². The number of ether oxygens (including phenoxy) is 3. The van der Waals surface area contributed by atoms with Crippen molar-refractivity contribution in [2.24, 2.45) is 0 Å². The number of nitro benzene ring substituents is 1. The third-order valence-corrected chi connectivity index (χ3v) is 5.46. The second kappa shape index (κ2) is 8.84. The fourth-order valence-electron chi connectivity index (χ4n) is 2.93. The van der Waals surface area contributed by atoms with Gasteiger partial charge in [-0.1, -0.05) is 12.1 Å². The summed E-state index contributed by atoms with van der Waals surface area (Å²) < 4.78 is 16.1. The Bertz CT molecular complexity index is 1160. The van der Waals surface area contributed by atoms with Crippen molar-refractivity contribution in [2.45, 2.75) is 0 Å². The molecule has 0 bridgehead atoms. The van der Waals surface area contributed by atoms with Crippen LogP contribution in [0.15, 0.2) is 54.6 Å². The zero-order valence-corrected chi connectivity index (χ0v) is 16.8. The largest absolute Gasteiger partial charge is 0.486 e. The lowest BCUT2D eigenvalue weighted by molar-refractivity contribution is -0.383. The van der Waals surface area contributed by atoms with E-state index in [1.807, 2.05) is 18.2 Å². The minimum Gasteiger partial charge on any atom is -0.486 e. The van der Waals surface area contributed by atoms with E-state index in [1.165, 1.54) is 29.5 Å². The van der Waals surface area contributed by atoms with Crippen molar-refractivity contribution in [1.29, 1.82) is 0 Å². The number of anilines is 1. The molecule has 1 amide bonds. The number of carbonyl (C=O) groups is 2. The molecule has 158 valence electrons. The van der Waals surface area contributed by atoms with E-state index in [2.05, 4.69) is 5.32 Å². The zero-order chi connectivity index (χ0) is 21.8. The molecular weight excluding hydrogens is 424 g/mol. The van der Waals surface area contributed by atoms with E-state index in [4.69, 9.17) is 14.2 Å². The lowest BCUT2D eigenvalue weighted by atomic mass is 10.1. The van der Waals surface area contributed by atoms with Gasteiger partial charge < -0.3 is 19.5 Å². The molecule has 1 aliphatic rings. The van der Waals surface area contributed by atoms with E-state index in [1.54, 1.807) is 18.2 Å². The Balaban J connectivity index is 1.37. The van der Waals surface area contributed by atoms with E-state index < -0.39 is 23.4 Å². The first-order valence-electron chi connectivity index (χ1n) is 9.21. The second-order valence-electron chi connectivity index (χ2n) is 6.42. The van der Waals surface area contributed by atoms with Crippen LogP contribution in [0.5, 0.6) is 11.5 Å². The summed E-state index contributed by atoms with van der Waals surface area (Å²) in [5.41, 5.74) is 0.650. The number of nitro groups is 1. The maximum atomic E-state index is 12.3. The average molecular weight is 440 g/mol. The lowest BCUT2D eigenvalue weighted by Gasteiger charge is -2.18. The van der Waals surface area contributed by atoms with E-state index in [9.17, 15) is 19.7 Å². The first-order chi connectivity index (χ1) is 15.0. The van der Waals surface area contributed by atoms with E-state index in [0.717, 1.165) is 10.4 Å². The molecule has 1 N–H and O–H groups in total. The fourth-order valence-corrected chi connectivity index (χ4v) is 3.82. The van der Waals surface area contributed by atoms with Crippen LogP contribution in [-0.4, -0.2) is 36.6 Å². The highest BCUT2D eigenvalue weighted by Crippen LogP contribution is 2.37. The van der Waals surface area contributed by atoms with Crippen LogP contribution in [0.3, 0.4) is 0 Å². The zero-order valence-electron chi connectivity index (χ0n) is 16.0. The van der Waals surface area contributed by atoms with Gasteiger partial charge in [0.15, 0.2) is 18.1 Å². The molecule has 0 fully saturated rings. The topological polar surface area (TPSA) is 117 Å². The molecule has 9 nitrogen and oxygen atoms in total. The summed E-state index contributed by atoms with van der Waals surface area (Å²) in [7, 11) is 0. The number of thiophene rings is 1. The molecule has 0 aliphatic carbocycles. The van der Waals surface area contributed by atoms with Gasteiger partial charge in [-0.3, -0.25) is 14.9 Å². The van der Waals surface area contributed by atoms with Gasteiger partial charge >= 0.3 is 5.97 Å². The summed E-state index contributed by atoms with van der Waals surface area (Å²) in [6.07, 6.45) is 0. The SMILES string of the molecule is O=C(COC(=O)c1ccc(-c2ccc3c(c2)OCCO3)s1)Nc1ccccc1[N+](=O)[O-]. The Morgan fingerprint density at radius 3 is 2.65 bits per heavy atom. The van der Waals surface area contributed by atoms with Crippen LogP contribution in [0.4, 0.5) is 11.4 Å². The first kappa shape index (κ1) is 20.4. The quantitative estimate of drug-likeness (QED) is 0.351. The Morgan fingerprint density at radius 2 is 1.84 bits per heavy atom. The van der Waals surface area contributed by atoms with Crippen molar-refractivity contribution in [3.05, 3.63) is 69.6 Å². The molecule has 1 aromatic heterocycles. The molecule has 2 aromatic carbocycles. The molecule has 0 unspecified atom stereocenters. The number of rotatable bonds is 6. The number of carbonyl (C=O) groups excluding carboxylic acids is 2. The third-order valence-electron chi connectivity index (χ3n) is 4.34. The van der Waals surface area contributed by atoms with Crippen molar-refractivity contribution in [2.75, 3.05) is 25.1 Å². The van der Waals surface area contributed by atoms with Gasteiger partial charge in [-0.15, -0.1) is 11.3 Å². The predicted octanol–water partition coefficient (Wildman–Crippen LogP) is 3.89. The standard InChI is InChI=1S/C21H16N2O7S/c24-20(22-14-3-1-2-4-15(14)23(26)27)12-30-21(25)19-8-7-18(31-19)13-5-6-16-17(11-13)29-10-9-28-16/h1-8,11H,9-10,12H2,(H,22,24). The molecule has 31 heavy (non-hydrogen) atoms. The normalized spacial score (nSPS) is 12.1. The number of benzene rings is 2. The minimum absolute atomic E-state index is 0.0329. The number of fused-ring (bicyclic) bond motifs is 1. The maximum Gasteiger partial charge on any atom is 0.348 e. The van der Waals surface area contributed by atoms with Gasteiger partial charge in [0.05, 0.1) is 4.92 Å². The number of para-hydroxylation sites is 2. The molecule has 0 spiro atoms. The van der Waals surface area contributed by atoms with Crippen LogP contribution < -0.4 is 14.8 Å². The molecular formula is C21H16N2O7S.